The molecule has 1 aromatic carbocycles. The summed E-state index contributed by atoms with van der Waals surface area (Å²) in [5.41, 5.74) is 0.863. The van der Waals surface area contributed by atoms with Crippen LogP contribution in [0.1, 0.15) is 31.2 Å². The molecule has 1 saturated heterocycles. The van der Waals surface area contributed by atoms with Gasteiger partial charge >= 0.3 is 0 Å². The number of hydrogen-bond donors (Lipinski definition) is 0. The third kappa shape index (κ3) is 2.12. The number of likely N-dealkylation sites (tertiary alicyclic amines) is 1. The standard InChI is InChI=1S/C14H14N2O2/c1-10(7-8-15)16-13(17)9-12(14(16)18)11-5-3-2-4-6-11/h2-6,10,12H,7,9H2,1H3. The topological polar surface area (TPSA) is 61.2 Å². The fourth-order valence-electron chi connectivity index (χ4n) is 2.28. The molecule has 4 heteroatoms. The van der Waals surface area contributed by atoms with Crippen LogP contribution >= 0.6 is 0 Å². The van der Waals surface area contributed by atoms with Crippen molar-refractivity contribution >= 4 is 11.8 Å². The zero-order valence-electron chi connectivity index (χ0n) is 10.2. The van der Waals surface area contributed by atoms with Gasteiger partial charge in [-0.3, -0.25) is 14.5 Å². The third-order valence-electron chi connectivity index (χ3n) is 3.21. The predicted molar refractivity (Wildman–Crippen MR) is 65.3 cm³/mol. The lowest BCUT2D eigenvalue weighted by atomic mass is 9.98. The second-order valence-electron chi connectivity index (χ2n) is 4.48. The number of amides is 2. The van der Waals surface area contributed by atoms with E-state index in [0.717, 1.165) is 5.56 Å². The van der Waals surface area contributed by atoms with E-state index in [1.165, 1.54) is 4.90 Å². The van der Waals surface area contributed by atoms with Crippen molar-refractivity contribution in [1.29, 1.82) is 5.26 Å². The Morgan fingerprint density at radius 3 is 2.67 bits per heavy atom. The van der Waals surface area contributed by atoms with Gasteiger partial charge < -0.3 is 0 Å². The molecule has 0 N–H and O–H groups in total. The molecule has 18 heavy (non-hydrogen) atoms. The lowest BCUT2D eigenvalue weighted by Crippen LogP contribution is -2.38. The normalized spacial score (nSPS) is 20.9. The van der Waals surface area contributed by atoms with Crippen molar-refractivity contribution < 1.29 is 9.59 Å². The smallest absolute Gasteiger partial charge is 0.237 e. The molecule has 0 saturated carbocycles. The summed E-state index contributed by atoms with van der Waals surface area (Å²) < 4.78 is 0. The Morgan fingerprint density at radius 1 is 1.39 bits per heavy atom. The summed E-state index contributed by atoms with van der Waals surface area (Å²) >= 11 is 0. The van der Waals surface area contributed by atoms with E-state index in [2.05, 4.69) is 0 Å². The van der Waals surface area contributed by atoms with Gasteiger partial charge in [0.25, 0.3) is 0 Å². The molecule has 92 valence electrons. The summed E-state index contributed by atoms with van der Waals surface area (Å²) in [5, 5.41) is 8.65. The number of carbonyl (C=O) groups excluding carboxylic acids is 2. The van der Waals surface area contributed by atoms with Gasteiger partial charge in [-0.1, -0.05) is 30.3 Å². The maximum absolute atomic E-state index is 12.2. The number of nitrogens with zero attached hydrogens (tertiary/aromatic N) is 2. The average Bonchev–Trinajstić information content (AvgIpc) is 2.66. The molecule has 1 heterocycles. The lowest BCUT2D eigenvalue weighted by Gasteiger charge is -2.20. The van der Waals surface area contributed by atoms with E-state index in [0.29, 0.717) is 0 Å². The van der Waals surface area contributed by atoms with E-state index < -0.39 is 0 Å². The molecular weight excluding hydrogens is 228 g/mol. The highest BCUT2D eigenvalue weighted by molar-refractivity contribution is 6.06. The Morgan fingerprint density at radius 2 is 2.06 bits per heavy atom. The van der Waals surface area contributed by atoms with Crippen LogP contribution in [0, 0.1) is 11.3 Å². The fourth-order valence-corrected chi connectivity index (χ4v) is 2.28. The van der Waals surface area contributed by atoms with Crippen LogP contribution < -0.4 is 0 Å². The maximum Gasteiger partial charge on any atom is 0.237 e. The Hall–Kier alpha value is -2.15. The van der Waals surface area contributed by atoms with Crippen LogP contribution in [0.5, 0.6) is 0 Å². The number of imide groups is 1. The SMILES string of the molecule is CC(CC#N)N1C(=O)CC(c2ccccc2)C1=O. The minimum Gasteiger partial charge on any atom is -0.278 e. The van der Waals surface area contributed by atoms with Gasteiger partial charge in [0.15, 0.2) is 0 Å². The van der Waals surface area contributed by atoms with Crippen LogP contribution in [0.4, 0.5) is 0 Å². The van der Waals surface area contributed by atoms with Gasteiger partial charge in [0.1, 0.15) is 0 Å². The first-order chi connectivity index (χ1) is 8.65. The molecule has 0 radical (unpaired) electrons. The number of carbonyl (C=O) groups is 2. The molecule has 2 atom stereocenters. The van der Waals surface area contributed by atoms with Crippen LogP contribution in [0.2, 0.25) is 0 Å². The monoisotopic (exact) mass is 242 g/mol. The van der Waals surface area contributed by atoms with Crippen LogP contribution in [-0.4, -0.2) is 22.8 Å². The van der Waals surface area contributed by atoms with Crippen molar-refractivity contribution in [3.05, 3.63) is 35.9 Å². The van der Waals surface area contributed by atoms with E-state index >= 15 is 0 Å². The van der Waals surface area contributed by atoms with Gasteiger partial charge in [-0.15, -0.1) is 0 Å². The Labute approximate surface area is 106 Å². The van der Waals surface area contributed by atoms with Crippen molar-refractivity contribution in [2.24, 2.45) is 0 Å². The second kappa shape index (κ2) is 5.01. The van der Waals surface area contributed by atoms with E-state index in [-0.39, 0.29) is 36.6 Å². The first-order valence-corrected chi connectivity index (χ1v) is 5.93. The summed E-state index contributed by atoms with van der Waals surface area (Å²) in [6.45, 7) is 1.73. The van der Waals surface area contributed by atoms with Crippen molar-refractivity contribution in [2.45, 2.75) is 31.7 Å². The average molecular weight is 242 g/mol. The number of benzene rings is 1. The van der Waals surface area contributed by atoms with Crippen molar-refractivity contribution in [1.82, 2.24) is 4.90 Å². The zero-order chi connectivity index (χ0) is 13.1. The molecule has 1 aliphatic rings. The largest absolute Gasteiger partial charge is 0.278 e. The summed E-state index contributed by atoms with van der Waals surface area (Å²) in [5.74, 6) is -0.759. The van der Waals surface area contributed by atoms with E-state index in [1.54, 1.807) is 6.92 Å². The van der Waals surface area contributed by atoms with Crippen molar-refractivity contribution in [3.63, 3.8) is 0 Å². The molecule has 2 rings (SSSR count). The number of nitriles is 1. The minimum atomic E-state index is -0.389. The highest BCUT2D eigenvalue weighted by Crippen LogP contribution is 2.31. The number of hydrogen-bond acceptors (Lipinski definition) is 3. The Bertz CT molecular complexity index is 504. The first kappa shape index (κ1) is 12.3. The fraction of sp³-hybridized carbons (Fsp3) is 0.357. The molecule has 1 aliphatic heterocycles. The first-order valence-electron chi connectivity index (χ1n) is 5.93. The van der Waals surface area contributed by atoms with Crippen molar-refractivity contribution in [3.8, 4) is 6.07 Å². The van der Waals surface area contributed by atoms with Gasteiger partial charge in [0.05, 0.1) is 18.4 Å². The summed E-state index contributed by atoms with van der Waals surface area (Å²) in [6.07, 6.45) is 0.387. The molecule has 1 fully saturated rings. The maximum atomic E-state index is 12.2. The minimum absolute atomic E-state index is 0.180. The number of rotatable bonds is 3. The highest BCUT2D eigenvalue weighted by Gasteiger charge is 2.41. The molecule has 2 unspecified atom stereocenters. The van der Waals surface area contributed by atoms with E-state index in [9.17, 15) is 9.59 Å². The summed E-state index contributed by atoms with van der Waals surface area (Å²) in [4.78, 5) is 25.3. The predicted octanol–water partition coefficient (Wildman–Crippen LogP) is 1.83. The van der Waals surface area contributed by atoms with Gasteiger partial charge in [-0.25, -0.2) is 0 Å². The summed E-state index contributed by atoms with van der Waals surface area (Å²) in [6, 6.07) is 10.9. The van der Waals surface area contributed by atoms with Gasteiger partial charge in [0.2, 0.25) is 11.8 Å². The molecule has 0 aliphatic carbocycles. The van der Waals surface area contributed by atoms with E-state index in [1.807, 2.05) is 36.4 Å². The molecule has 0 aromatic heterocycles. The quantitative estimate of drug-likeness (QED) is 0.760. The molecule has 1 aromatic rings. The van der Waals surface area contributed by atoms with Crippen LogP contribution in [0.25, 0.3) is 0 Å². The van der Waals surface area contributed by atoms with Crippen LogP contribution in [-0.2, 0) is 9.59 Å². The second-order valence-corrected chi connectivity index (χ2v) is 4.48. The van der Waals surface area contributed by atoms with Gasteiger partial charge in [0, 0.05) is 12.5 Å². The third-order valence-corrected chi connectivity index (χ3v) is 3.21. The molecule has 2 amide bonds. The van der Waals surface area contributed by atoms with Crippen LogP contribution in [0.3, 0.4) is 0 Å². The summed E-state index contributed by atoms with van der Waals surface area (Å²) in [7, 11) is 0. The molecule has 4 nitrogen and oxygen atoms in total. The van der Waals surface area contributed by atoms with Crippen molar-refractivity contribution in [2.75, 3.05) is 0 Å². The Balaban J connectivity index is 2.22. The molecule has 0 spiro atoms. The van der Waals surface area contributed by atoms with Gasteiger partial charge in [-0.2, -0.15) is 5.26 Å². The van der Waals surface area contributed by atoms with Gasteiger partial charge in [-0.05, 0) is 12.5 Å². The lowest BCUT2D eigenvalue weighted by molar-refractivity contribution is -0.140. The van der Waals surface area contributed by atoms with E-state index in [4.69, 9.17) is 5.26 Å². The zero-order valence-corrected chi connectivity index (χ0v) is 10.2. The highest BCUT2D eigenvalue weighted by atomic mass is 16.2. The Kier molecular flexibility index (Phi) is 3.42. The molecule has 0 bridgehead atoms. The molecular formula is C14H14N2O2. The van der Waals surface area contributed by atoms with Crippen LogP contribution in [0.15, 0.2) is 30.3 Å².